The Labute approximate surface area is 123 Å². The predicted octanol–water partition coefficient (Wildman–Crippen LogP) is 5.68. The van der Waals surface area contributed by atoms with Gasteiger partial charge in [0.25, 0.3) is 0 Å². The highest BCUT2D eigenvalue weighted by Crippen LogP contribution is 2.11. The second-order valence-electron chi connectivity index (χ2n) is 5.64. The zero-order valence-corrected chi connectivity index (χ0v) is 13.3. The monoisotopic (exact) mass is 266 g/mol. The highest BCUT2D eigenvalue weighted by atomic mass is 16.5. The molecule has 0 aromatic rings. The van der Waals surface area contributed by atoms with E-state index in [0.717, 1.165) is 19.5 Å². The molecule has 112 valence electrons. The van der Waals surface area contributed by atoms with Gasteiger partial charge in [0, 0.05) is 13.2 Å². The third-order valence-corrected chi connectivity index (χ3v) is 3.64. The Morgan fingerprint density at radius 1 is 0.684 bits per heavy atom. The quantitative estimate of drug-likeness (QED) is 0.345. The molecular formula is C17H35BO. The van der Waals surface area contributed by atoms with Crippen LogP contribution in [0.1, 0.15) is 90.4 Å². The molecule has 0 amide bonds. The lowest BCUT2D eigenvalue weighted by molar-refractivity contribution is 0.198. The topological polar surface area (TPSA) is 9.23 Å². The van der Waals surface area contributed by atoms with Gasteiger partial charge in [-0.3, -0.25) is 0 Å². The molecule has 1 aliphatic heterocycles. The van der Waals surface area contributed by atoms with Crippen molar-refractivity contribution in [3.05, 3.63) is 0 Å². The van der Waals surface area contributed by atoms with E-state index in [9.17, 15) is 0 Å². The molecule has 0 aromatic carbocycles. The van der Waals surface area contributed by atoms with Gasteiger partial charge in [-0.1, -0.05) is 83.9 Å². The summed E-state index contributed by atoms with van der Waals surface area (Å²) >= 11 is 0. The molecular weight excluding hydrogens is 231 g/mol. The van der Waals surface area contributed by atoms with Gasteiger partial charge < -0.3 is 4.74 Å². The van der Waals surface area contributed by atoms with E-state index in [2.05, 4.69) is 6.92 Å². The largest absolute Gasteiger partial charge is 0.381 e. The van der Waals surface area contributed by atoms with Crippen LogP contribution in [0.3, 0.4) is 0 Å². The molecule has 1 heterocycles. The molecule has 1 aliphatic rings. The molecule has 1 rings (SSSR count). The van der Waals surface area contributed by atoms with Crippen molar-refractivity contribution in [1.82, 2.24) is 0 Å². The van der Waals surface area contributed by atoms with E-state index in [-0.39, 0.29) is 0 Å². The van der Waals surface area contributed by atoms with Crippen molar-refractivity contribution in [2.75, 3.05) is 13.2 Å². The number of hydrogen-bond donors (Lipinski definition) is 0. The summed E-state index contributed by atoms with van der Waals surface area (Å²) in [5.41, 5.74) is 0. The summed E-state index contributed by atoms with van der Waals surface area (Å²) in [4.78, 5) is 0. The Hall–Kier alpha value is 0.0249. The fraction of sp³-hybridized carbons (Fsp3) is 1.00. The van der Waals surface area contributed by atoms with Crippen LogP contribution in [0.2, 0.25) is 6.32 Å². The van der Waals surface area contributed by atoms with Gasteiger partial charge in [-0.25, -0.2) is 0 Å². The van der Waals surface area contributed by atoms with Crippen molar-refractivity contribution in [1.29, 1.82) is 0 Å². The lowest BCUT2D eigenvalue weighted by Crippen LogP contribution is -1.81. The first-order chi connectivity index (χ1) is 9.41. The maximum Gasteiger partial charge on any atom is 0.0653 e. The number of hydrogen-bond acceptors (Lipinski definition) is 1. The molecule has 0 N–H and O–H groups in total. The number of unbranched alkanes of at least 4 members (excludes halogenated alkanes) is 10. The molecule has 0 unspecified atom stereocenters. The van der Waals surface area contributed by atoms with E-state index >= 15 is 0 Å². The van der Waals surface area contributed by atoms with Gasteiger partial charge in [0.15, 0.2) is 0 Å². The smallest absolute Gasteiger partial charge is 0.0653 e. The van der Waals surface area contributed by atoms with Crippen LogP contribution in [0.15, 0.2) is 0 Å². The normalized spacial score (nSPS) is 14.2. The molecule has 19 heavy (non-hydrogen) atoms. The van der Waals surface area contributed by atoms with Gasteiger partial charge in [-0.05, 0) is 12.8 Å². The van der Waals surface area contributed by atoms with Crippen LogP contribution in [0.25, 0.3) is 0 Å². The van der Waals surface area contributed by atoms with Crippen LogP contribution in [0.4, 0.5) is 0 Å². The molecule has 0 atom stereocenters. The molecule has 2 heteroatoms. The summed E-state index contributed by atoms with van der Waals surface area (Å²) in [7, 11) is 5.44. The minimum absolute atomic E-state index is 0.872. The van der Waals surface area contributed by atoms with Crippen molar-refractivity contribution in [2.45, 2.75) is 96.7 Å². The average Bonchev–Trinajstić information content (AvgIpc) is 3.00. The van der Waals surface area contributed by atoms with Crippen LogP contribution in [0.5, 0.6) is 0 Å². The molecule has 2 radical (unpaired) electrons. The van der Waals surface area contributed by atoms with Gasteiger partial charge in [0.2, 0.25) is 0 Å². The van der Waals surface area contributed by atoms with Gasteiger partial charge in [-0.15, -0.1) is 0 Å². The second-order valence-corrected chi connectivity index (χ2v) is 5.64. The van der Waals surface area contributed by atoms with Crippen LogP contribution in [-0.2, 0) is 4.74 Å². The van der Waals surface area contributed by atoms with E-state index in [4.69, 9.17) is 12.6 Å². The lowest BCUT2D eigenvalue weighted by atomic mass is 9.98. The Bertz CT molecular complexity index is 127. The fourth-order valence-electron chi connectivity index (χ4n) is 2.32. The van der Waals surface area contributed by atoms with E-state index in [1.54, 1.807) is 0 Å². The van der Waals surface area contributed by atoms with Gasteiger partial charge >= 0.3 is 0 Å². The fourth-order valence-corrected chi connectivity index (χ4v) is 2.32. The van der Waals surface area contributed by atoms with E-state index in [0.29, 0.717) is 0 Å². The van der Waals surface area contributed by atoms with Crippen molar-refractivity contribution < 1.29 is 4.74 Å². The van der Waals surface area contributed by atoms with Gasteiger partial charge in [0.1, 0.15) is 0 Å². The molecule has 0 bridgehead atoms. The minimum Gasteiger partial charge on any atom is -0.381 e. The first-order valence-electron chi connectivity index (χ1n) is 8.69. The SMILES string of the molecule is C1CCOC1.[B]CCCCCCCCCCCCC. The minimum atomic E-state index is 0.872. The molecule has 1 fully saturated rings. The highest BCUT2D eigenvalue weighted by Gasteiger charge is 1.94. The summed E-state index contributed by atoms with van der Waals surface area (Å²) in [6.45, 7) is 4.28. The Kier molecular flexibility index (Phi) is 18.0. The van der Waals surface area contributed by atoms with Crippen LogP contribution in [-0.4, -0.2) is 21.1 Å². The van der Waals surface area contributed by atoms with Crippen molar-refractivity contribution in [3.8, 4) is 0 Å². The number of ether oxygens (including phenoxy) is 1. The summed E-state index contributed by atoms with van der Waals surface area (Å²) in [5, 5.41) is 0. The molecule has 0 spiro atoms. The third-order valence-electron chi connectivity index (χ3n) is 3.64. The van der Waals surface area contributed by atoms with E-state index in [1.807, 2.05) is 0 Å². The summed E-state index contributed by atoms with van der Waals surface area (Å²) < 4.78 is 4.94. The first kappa shape index (κ1) is 19.0. The van der Waals surface area contributed by atoms with Gasteiger partial charge in [0.05, 0.1) is 7.85 Å². The van der Waals surface area contributed by atoms with Crippen LogP contribution < -0.4 is 0 Å². The summed E-state index contributed by atoms with van der Waals surface area (Å²) in [6, 6.07) is 0. The molecule has 0 saturated carbocycles. The van der Waals surface area contributed by atoms with Gasteiger partial charge in [-0.2, -0.15) is 0 Å². The second kappa shape index (κ2) is 18.0. The maximum absolute atomic E-state index is 5.44. The Morgan fingerprint density at radius 3 is 1.42 bits per heavy atom. The van der Waals surface area contributed by atoms with Crippen molar-refractivity contribution in [2.24, 2.45) is 0 Å². The number of rotatable bonds is 11. The van der Waals surface area contributed by atoms with Crippen molar-refractivity contribution >= 4 is 7.85 Å². The van der Waals surface area contributed by atoms with Crippen LogP contribution >= 0.6 is 0 Å². The van der Waals surface area contributed by atoms with E-state index in [1.165, 1.54) is 83.5 Å². The third kappa shape index (κ3) is 18.0. The Balaban J connectivity index is 0.000000532. The first-order valence-corrected chi connectivity index (χ1v) is 8.69. The standard InChI is InChI=1S/C13H27B.C4H8O/c1-2-3-4-5-6-7-8-9-10-11-12-13-14;1-2-4-5-3-1/h2-13H2,1H3;1-4H2. The Morgan fingerprint density at radius 2 is 1.11 bits per heavy atom. The maximum atomic E-state index is 5.44. The molecule has 1 saturated heterocycles. The molecule has 0 aliphatic carbocycles. The average molecular weight is 266 g/mol. The van der Waals surface area contributed by atoms with Crippen molar-refractivity contribution in [3.63, 3.8) is 0 Å². The predicted molar refractivity (Wildman–Crippen MR) is 87.1 cm³/mol. The van der Waals surface area contributed by atoms with Crippen LogP contribution in [0, 0.1) is 0 Å². The summed E-state index contributed by atoms with van der Waals surface area (Å²) in [5.74, 6) is 0. The molecule has 1 nitrogen and oxygen atoms in total. The van der Waals surface area contributed by atoms with E-state index < -0.39 is 0 Å². The summed E-state index contributed by atoms with van der Waals surface area (Å²) in [6.07, 6.45) is 18.8. The lowest BCUT2D eigenvalue weighted by Gasteiger charge is -2.01. The highest BCUT2D eigenvalue weighted by molar-refractivity contribution is 6.08. The molecule has 0 aromatic heterocycles. The zero-order chi connectivity index (χ0) is 14.0. The zero-order valence-electron chi connectivity index (χ0n) is 13.3.